The van der Waals surface area contributed by atoms with Gasteiger partial charge >= 0.3 is 0 Å². The summed E-state index contributed by atoms with van der Waals surface area (Å²) < 4.78 is 13.8. The number of rotatable bonds is 9. The van der Waals surface area contributed by atoms with Gasteiger partial charge in [-0.3, -0.25) is 9.59 Å². The Morgan fingerprint density at radius 3 is 2.11 bits per heavy atom. The SMILES string of the molecule is O=C(Cc1ccc(N(Cc2cccc(F)c2)C(=O)/C=C/c2ccccc2)cc1)NCc1ccccc1. The first-order valence-electron chi connectivity index (χ1n) is 11.8. The first-order chi connectivity index (χ1) is 17.6. The summed E-state index contributed by atoms with van der Waals surface area (Å²) in [7, 11) is 0. The molecule has 0 aromatic heterocycles. The number of carbonyl (C=O) groups is 2. The van der Waals surface area contributed by atoms with Gasteiger partial charge in [-0.2, -0.15) is 0 Å². The normalized spacial score (nSPS) is 10.8. The van der Waals surface area contributed by atoms with Gasteiger partial charge in [0, 0.05) is 18.3 Å². The Balaban J connectivity index is 1.47. The largest absolute Gasteiger partial charge is 0.352 e. The highest BCUT2D eigenvalue weighted by molar-refractivity contribution is 6.03. The van der Waals surface area contributed by atoms with Crippen LogP contribution >= 0.6 is 0 Å². The number of anilines is 1. The van der Waals surface area contributed by atoms with E-state index in [4.69, 9.17) is 0 Å². The Morgan fingerprint density at radius 1 is 0.750 bits per heavy atom. The van der Waals surface area contributed by atoms with Crippen molar-refractivity contribution in [2.75, 3.05) is 4.90 Å². The predicted molar refractivity (Wildman–Crippen MR) is 142 cm³/mol. The number of hydrogen-bond donors (Lipinski definition) is 1. The zero-order chi connectivity index (χ0) is 25.2. The molecule has 0 aliphatic rings. The molecule has 0 aliphatic carbocycles. The van der Waals surface area contributed by atoms with Crippen LogP contribution in [-0.2, 0) is 29.1 Å². The van der Waals surface area contributed by atoms with Crippen molar-refractivity contribution < 1.29 is 14.0 Å². The molecule has 0 heterocycles. The van der Waals surface area contributed by atoms with Gasteiger partial charge in [-0.25, -0.2) is 4.39 Å². The van der Waals surface area contributed by atoms with Crippen LogP contribution in [0, 0.1) is 5.82 Å². The van der Waals surface area contributed by atoms with Crippen LogP contribution in [0.1, 0.15) is 22.3 Å². The van der Waals surface area contributed by atoms with Crippen LogP contribution in [0.5, 0.6) is 0 Å². The standard InChI is InChI=1S/C31H27FN2O2/c32-28-13-7-12-27(20-28)23-34(31(36)19-16-24-8-3-1-4-9-24)29-17-14-25(15-18-29)21-30(35)33-22-26-10-5-2-6-11-26/h1-20H,21-23H2,(H,33,35)/b19-16+. The van der Waals surface area contributed by atoms with Crippen LogP contribution in [0.15, 0.2) is 115 Å². The molecule has 1 N–H and O–H groups in total. The van der Waals surface area contributed by atoms with Crippen LogP contribution < -0.4 is 10.2 Å². The van der Waals surface area contributed by atoms with E-state index in [2.05, 4.69) is 5.32 Å². The molecule has 0 bridgehead atoms. The molecule has 4 aromatic rings. The van der Waals surface area contributed by atoms with Crippen LogP contribution in [0.25, 0.3) is 6.08 Å². The van der Waals surface area contributed by atoms with Crippen molar-refractivity contribution in [2.24, 2.45) is 0 Å². The summed E-state index contributed by atoms with van der Waals surface area (Å²) in [5.74, 6) is -0.654. The zero-order valence-corrected chi connectivity index (χ0v) is 19.8. The Hall–Kier alpha value is -4.51. The van der Waals surface area contributed by atoms with Crippen molar-refractivity contribution in [1.29, 1.82) is 0 Å². The molecule has 0 unspecified atom stereocenters. The van der Waals surface area contributed by atoms with Gasteiger partial charge in [0.2, 0.25) is 5.91 Å². The van der Waals surface area contributed by atoms with Gasteiger partial charge in [0.1, 0.15) is 5.82 Å². The molecule has 0 aliphatic heterocycles. The molecule has 0 saturated carbocycles. The smallest absolute Gasteiger partial charge is 0.251 e. The summed E-state index contributed by atoms with van der Waals surface area (Å²) in [5, 5.41) is 2.93. The molecule has 0 atom stereocenters. The first-order valence-corrected chi connectivity index (χ1v) is 11.8. The van der Waals surface area contributed by atoms with Gasteiger partial charge in [0.25, 0.3) is 5.91 Å². The Bertz CT molecular complexity index is 1320. The molecule has 0 radical (unpaired) electrons. The lowest BCUT2D eigenvalue weighted by Crippen LogP contribution is -2.29. The second-order valence-electron chi connectivity index (χ2n) is 8.40. The van der Waals surface area contributed by atoms with Crippen molar-refractivity contribution in [2.45, 2.75) is 19.5 Å². The van der Waals surface area contributed by atoms with Crippen LogP contribution in [0.2, 0.25) is 0 Å². The van der Waals surface area contributed by atoms with Gasteiger partial charge in [-0.1, -0.05) is 84.9 Å². The van der Waals surface area contributed by atoms with Crippen LogP contribution in [0.3, 0.4) is 0 Å². The van der Waals surface area contributed by atoms with Crippen molar-refractivity contribution in [3.05, 3.63) is 143 Å². The molecule has 4 nitrogen and oxygen atoms in total. The summed E-state index contributed by atoms with van der Waals surface area (Å²) in [4.78, 5) is 27.1. The quantitative estimate of drug-likeness (QED) is 0.303. The van der Waals surface area contributed by atoms with Crippen molar-refractivity contribution >= 4 is 23.6 Å². The Morgan fingerprint density at radius 2 is 1.42 bits per heavy atom. The minimum Gasteiger partial charge on any atom is -0.352 e. The fourth-order valence-electron chi connectivity index (χ4n) is 3.77. The van der Waals surface area contributed by atoms with Gasteiger partial charge < -0.3 is 10.2 Å². The van der Waals surface area contributed by atoms with Gasteiger partial charge in [0.15, 0.2) is 0 Å². The van der Waals surface area contributed by atoms with E-state index in [-0.39, 0.29) is 30.6 Å². The third-order valence-electron chi connectivity index (χ3n) is 5.66. The zero-order valence-electron chi connectivity index (χ0n) is 19.8. The Kier molecular flexibility index (Phi) is 8.39. The maximum absolute atomic E-state index is 13.8. The summed E-state index contributed by atoms with van der Waals surface area (Å²) in [6.45, 7) is 0.689. The number of amides is 2. The number of nitrogens with zero attached hydrogens (tertiary/aromatic N) is 1. The second kappa shape index (κ2) is 12.3. The fourth-order valence-corrected chi connectivity index (χ4v) is 3.77. The molecule has 5 heteroatoms. The minimum atomic E-state index is -0.350. The lowest BCUT2D eigenvalue weighted by atomic mass is 10.1. The molecular formula is C31H27FN2O2. The highest BCUT2D eigenvalue weighted by Gasteiger charge is 2.15. The maximum atomic E-state index is 13.8. The molecule has 2 amide bonds. The van der Waals surface area contributed by atoms with Gasteiger partial charge in [-0.05, 0) is 52.6 Å². The number of halogens is 1. The molecule has 4 rings (SSSR count). The molecule has 0 saturated heterocycles. The van der Waals surface area contributed by atoms with E-state index < -0.39 is 0 Å². The van der Waals surface area contributed by atoms with E-state index in [9.17, 15) is 14.0 Å². The summed E-state index contributed by atoms with van der Waals surface area (Å²) in [6, 6.07) is 32.8. The molecule has 36 heavy (non-hydrogen) atoms. The van der Waals surface area contributed by atoms with Gasteiger partial charge in [-0.15, -0.1) is 0 Å². The van der Waals surface area contributed by atoms with E-state index in [0.717, 1.165) is 16.7 Å². The summed E-state index contributed by atoms with van der Waals surface area (Å²) in [5.41, 5.74) is 4.13. The molecule has 180 valence electrons. The fraction of sp³-hybridized carbons (Fsp3) is 0.0968. The van der Waals surface area contributed by atoms with Crippen molar-refractivity contribution in [3.63, 3.8) is 0 Å². The number of nitrogens with one attached hydrogen (secondary N) is 1. The van der Waals surface area contributed by atoms with Crippen molar-refractivity contribution in [1.82, 2.24) is 5.32 Å². The monoisotopic (exact) mass is 478 g/mol. The van der Waals surface area contributed by atoms with Gasteiger partial charge in [0.05, 0.1) is 13.0 Å². The summed E-state index contributed by atoms with van der Waals surface area (Å²) in [6.07, 6.45) is 3.50. The van der Waals surface area contributed by atoms with E-state index in [0.29, 0.717) is 17.8 Å². The Labute approximate surface area is 210 Å². The molecular weight excluding hydrogens is 451 g/mol. The van der Waals surface area contributed by atoms with Crippen LogP contribution in [0.4, 0.5) is 10.1 Å². The van der Waals surface area contributed by atoms with E-state index in [1.165, 1.54) is 18.2 Å². The van der Waals surface area contributed by atoms with E-state index in [1.54, 1.807) is 23.1 Å². The molecule has 4 aromatic carbocycles. The third kappa shape index (κ3) is 7.24. The minimum absolute atomic E-state index is 0.0786. The van der Waals surface area contributed by atoms with E-state index >= 15 is 0 Å². The topological polar surface area (TPSA) is 49.4 Å². The number of hydrogen-bond acceptors (Lipinski definition) is 2. The lowest BCUT2D eigenvalue weighted by molar-refractivity contribution is -0.120. The van der Waals surface area contributed by atoms with E-state index in [1.807, 2.05) is 84.9 Å². The highest BCUT2D eigenvalue weighted by Crippen LogP contribution is 2.20. The van der Waals surface area contributed by atoms with Crippen molar-refractivity contribution in [3.8, 4) is 0 Å². The van der Waals surface area contributed by atoms with Crippen LogP contribution in [-0.4, -0.2) is 11.8 Å². The average Bonchev–Trinajstić information content (AvgIpc) is 2.91. The highest BCUT2D eigenvalue weighted by atomic mass is 19.1. The number of carbonyl (C=O) groups excluding carboxylic acids is 2. The predicted octanol–water partition coefficient (Wildman–Crippen LogP) is 5.93. The third-order valence-corrected chi connectivity index (χ3v) is 5.66. The lowest BCUT2D eigenvalue weighted by Gasteiger charge is -2.22. The summed E-state index contributed by atoms with van der Waals surface area (Å²) >= 11 is 0. The first kappa shape index (κ1) is 24.6. The number of benzene rings is 4. The average molecular weight is 479 g/mol. The maximum Gasteiger partial charge on any atom is 0.251 e. The molecule has 0 spiro atoms. The second-order valence-corrected chi connectivity index (χ2v) is 8.40. The molecule has 0 fully saturated rings.